The van der Waals surface area contributed by atoms with Crippen LogP contribution in [0.5, 0.6) is 0 Å². The number of nitrogens with zero attached hydrogens (tertiary/aromatic N) is 6. The van der Waals surface area contributed by atoms with Crippen LogP contribution in [0.25, 0.3) is 10.9 Å². The third-order valence-corrected chi connectivity index (χ3v) is 8.23. The first-order valence-electron chi connectivity index (χ1n) is 13.5. The quantitative estimate of drug-likeness (QED) is 0.438. The molecule has 1 atom stereocenters. The van der Waals surface area contributed by atoms with Crippen LogP contribution in [-0.2, 0) is 0 Å². The number of fused-ring (bicyclic) bond motifs is 1. The smallest absolute Gasteiger partial charge is 0.253 e. The van der Waals surface area contributed by atoms with Crippen molar-refractivity contribution in [2.75, 3.05) is 31.1 Å². The average Bonchev–Trinajstić information content (AvgIpc) is 3.60. The molecule has 2 aliphatic rings. The van der Waals surface area contributed by atoms with E-state index in [1.54, 1.807) is 0 Å². The van der Waals surface area contributed by atoms with E-state index in [9.17, 15) is 4.79 Å². The summed E-state index contributed by atoms with van der Waals surface area (Å²) in [5.41, 5.74) is 6.47. The molecule has 37 heavy (non-hydrogen) atoms. The van der Waals surface area contributed by atoms with Crippen LogP contribution in [0, 0.1) is 20.8 Å². The molecule has 1 saturated heterocycles. The molecule has 6 rings (SSSR count). The number of aromatic nitrogens is 5. The lowest BCUT2D eigenvalue weighted by Crippen LogP contribution is -2.49. The molecule has 0 radical (unpaired) electrons. The molecule has 8 heteroatoms. The molecule has 1 N–H and O–H groups in total. The van der Waals surface area contributed by atoms with Crippen molar-refractivity contribution >= 4 is 16.6 Å². The monoisotopic (exact) mass is 497 g/mol. The SMILES string of the molecule is Cc1ccc(C)c(N2CCN([C@H](c3cc4cccc(C)c4[nH]c3=O)c3nnnn3C3CCCC3)CC2)c1. The van der Waals surface area contributed by atoms with E-state index >= 15 is 0 Å². The van der Waals surface area contributed by atoms with Gasteiger partial charge in [0.15, 0.2) is 5.82 Å². The van der Waals surface area contributed by atoms with Gasteiger partial charge in [-0.1, -0.05) is 43.2 Å². The molecule has 2 fully saturated rings. The Morgan fingerprint density at radius 1 is 0.946 bits per heavy atom. The number of tetrazole rings is 1. The number of aryl methyl sites for hydroxylation is 3. The van der Waals surface area contributed by atoms with Crippen LogP contribution in [0.4, 0.5) is 5.69 Å². The Balaban J connectivity index is 1.39. The Kier molecular flexibility index (Phi) is 6.28. The summed E-state index contributed by atoms with van der Waals surface area (Å²) in [7, 11) is 0. The van der Waals surface area contributed by atoms with Crippen LogP contribution >= 0.6 is 0 Å². The van der Waals surface area contributed by atoms with Gasteiger partial charge in [-0.15, -0.1) is 5.10 Å². The summed E-state index contributed by atoms with van der Waals surface area (Å²) in [5, 5.41) is 14.1. The highest BCUT2D eigenvalue weighted by molar-refractivity contribution is 5.82. The third kappa shape index (κ3) is 4.44. The first kappa shape index (κ1) is 23.9. The van der Waals surface area contributed by atoms with E-state index in [0.717, 1.165) is 61.3 Å². The largest absolute Gasteiger partial charge is 0.369 e. The van der Waals surface area contributed by atoms with Crippen LogP contribution in [0.15, 0.2) is 47.3 Å². The zero-order chi connectivity index (χ0) is 25.5. The molecule has 3 heterocycles. The number of hydrogen-bond donors (Lipinski definition) is 1. The van der Waals surface area contributed by atoms with E-state index in [1.165, 1.54) is 29.7 Å². The molecule has 0 amide bonds. The molecule has 1 saturated carbocycles. The van der Waals surface area contributed by atoms with Gasteiger partial charge in [0.2, 0.25) is 0 Å². The first-order valence-corrected chi connectivity index (χ1v) is 13.5. The maximum Gasteiger partial charge on any atom is 0.253 e. The summed E-state index contributed by atoms with van der Waals surface area (Å²) in [6.45, 7) is 9.76. The Morgan fingerprint density at radius 3 is 2.51 bits per heavy atom. The van der Waals surface area contributed by atoms with Crippen LogP contribution in [0.3, 0.4) is 0 Å². The molecular weight excluding hydrogens is 462 g/mol. The highest BCUT2D eigenvalue weighted by Crippen LogP contribution is 2.35. The van der Waals surface area contributed by atoms with Gasteiger partial charge in [-0.25, -0.2) is 4.68 Å². The van der Waals surface area contributed by atoms with Gasteiger partial charge in [0.05, 0.1) is 11.6 Å². The number of piperazine rings is 1. The van der Waals surface area contributed by atoms with Crippen LogP contribution in [0.1, 0.15) is 65.8 Å². The minimum absolute atomic E-state index is 0.0651. The van der Waals surface area contributed by atoms with E-state index in [1.807, 2.05) is 23.7 Å². The number of rotatable bonds is 5. The zero-order valence-corrected chi connectivity index (χ0v) is 21.9. The highest BCUT2D eigenvalue weighted by atomic mass is 16.1. The van der Waals surface area contributed by atoms with Crippen molar-refractivity contribution in [1.29, 1.82) is 0 Å². The van der Waals surface area contributed by atoms with Crippen LogP contribution in [-0.4, -0.2) is 56.3 Å². The highest BCUT2D eigenvalue weighted by Gasteiger charge is 2.35. The summed E-state index contributed by atoms with van der Waals surface area (Å²) < 4.78 is 2.01. The van der Waals surface area contributed by atoms with E-state index in [4.69, 9.17) is 0 Å². The van der Waals surface area contributed by atoms with Gasteiger partial charge in [-0.3, -0.25) is 9.69 Å². The fourth-order valence-electron chi connectivity index (χ4n) is 6.17. The number of benzene rings is 2. The van der Waals surface area contributed by atoms with Gasteiger partial charge in [-0.2, -0.15) is 0 Å². The minimum Gasteiger partial charge on any atom is -0.369 e. The number of aromatic amines is 1. The van der Waals surface area contributed by atoms with Crippen molar-refractivity contribution < 1.29 is 0 Å². The molecule has 8 nitrogen and oxygen atoms in total. The van der Waals surface area contributed by atoms with Crippen molar-refractivity contribution in [1.82, 2.24) is 30.1 Å². The fourth-order valence-corrected chi connectivity index (χ4v) is 6.17. The average molecular weight is 498 g/mol. The number of pyridine rings is 1. The predicted octanol–water partition coefficient (Wildman–Crippen LogP) is 4.47. The van der Waals surface area contributed by atoms with E-state index in [2.05, 4.69) is 74.5 Å². The summed E-state index contributed by atoms with van der Waals surface area (Å²) in [6, 6.07) is 14.8. The third-order valence-electron chi connectivity index (χ3n) is 8.23. The summed E-state index contributed by atoms with van der Waals surface area (Å²) in [6.07, 6.45) is 4.55. The van der Waals surface area contributed by atoms with Crippen LogP contribution < -0.4 is 10.5 Å². The van der Waals surface area contributed by atoms with Crippen molar-refractivity contribution in [2.24, 2.45) is 0 Å². The van der Waals surface area contributed by atoms with Gasteiger partial charge >= 0.3 is 0 Å². The van der Waals surface area contributed by atoms with E-state index < -0.39 is 0 Å². The van der Waals surface area contributed by atoms with E-state index in [0.29, 0.717) is 11.6 Å². The summed E-state index contributed by atoms with van der Waals surface area (Å²) in [4.78, 5) is 21.6. The second kappa shape index (κ2) is 9.74. The number of anilines is 1. The maximum absolute atomic E-state index is 13.6. The number of nitrogens with one attached hydrogen (secondary N) is 1. The van der Waals surface area contributed by atoms with Crippen molar-refractivity contribution in [3.63, 3.8) is 0 Å². The molecular formula is C29H35N7O. The molecule has 0 bridgehead atoms. The normalized spacial score (nSPS) is 18.1. The fraction of sp³-hybridized carbons (Fsp3) is 0.448. The van der Waals surface area contributed by atoms with Crippen molar-refractivity contribution in [3.05, 3.63) is 80.9 Å². The molecule has 1 aliphatic carbocycles. The molecule has 2 aromatic carbocycles. The lowest BCUT2D eigenvalue weighted by atomic mass is 10.0. The molecule has 2 aromatic heterocycles. The molecule has 1 aliphatic heterocycles. The van der Waals surface area contributed by atoms with Gasteiger partial charge < -0.3 is 9.88 Å². The Morgan fingerprint density at radius 2 is 1.73 bits per heavy atom. The number of H-pyrrole nitrogens is 1. The molecule has 0 spiro atoms. The topological polar surface area (TPSA) is 82.9 Å². The van der Waals surface area contributed by atoms with Gasteiger partial charge in [0.1, 0.15) is 6.04 Å². The van der Waals surface area contributed by atoms with Crippen molar-refractivity contribution in [2.45, 2.75) is 58.5 Å². The summed E-state index contributed by atoms with van der Waals surface area (Å²) in [5.74, 6) is 0.782. The van der Waals surface area contributed by atoms with Gasteiger partial charge in [-0.05, 0) is 78.2 Å². The molecule has 192 valence electrons. The number of para-hydroxylation sites is 1. The van der Waals surface area contributed by atoms with Gasteiger partial charge in [0, 0.05) is 37.4 Å². The minimum atomic E-state index is -0.301. The predicted molar refractivity (Wildman–Crippen MR) is 146 cm³/mol. The van der Waals surface area contributed by atoms with Gasteiger partial charge in [0.25, 0.3) is 5.56 Å². The standard InChI is InChI=1S/C29H35N7O/c1-19-11-12-20(2)25(17-19)34-13-15-35(16-14-34)27(28-31-32-33-36(28)23-9-4-5-10-23)24-18-22-8-6-7-21(3)26(22)30-29(24)37/h6-8,11-12,17-18,23,27H,4-5,9-10,13-16H2,1-3H3,(H,30,37)/t27-/m1/s1. The maximum atomic E-state index is 13.6. The zero-order valence-electron chi connectivity index (χ0n) is 21.9. The first-order chi connectivity index (χ1) is 18.0. The van der Waals surface area contributed by atoms with Crippen molar-refractivity contribution in [3.8, 4) is 0 Å². The second-order valence-corrected chi connectivity index (χ2v) is 10.7. The van der Waals surface area contributed by atoms with Crippen LogP contribution in [0.2, 0.25) is 0 Å². The Bertz CT molecular complexity index is 1480. The lowest BCUT2D eigenvalue weighted by molar-refractivity contribution is 0.196. The summed E-state index contributed by atoms with van der Waals surface area (Å²) >= 11 is 0. The Labute approximate surface area is 217 Å². The number of hydrogen-bond acceptors (Lipinski definition) is 6. The lowest BCUT2D eigenvalue weighted by Gasteiger charge is -2.40. The van der Waals surface area contributed by atoms with E-state index in [-0.39, 0.29) is 11.6 Å². The Hall–Kier alpha value is -3.52. The second-order valence-electron chi connectivity index (χ2n) is 10.7. The molecule has 4 aromatic rings. The molecule has 0 unspecified atom stereocenters.